The lowest BCUT2D eigenvalue weighted by Crippen LogP contribution is -2.41. The first-order chi connectivity index (χ1) is 11.4. The van der Waals surface area contributed by atoms with Crippen LogP contribution in [-0.4, -0.2) is 48.1 Å². The van der Waals surface area contributed by atoms with Gasteiger partial charge in [-0.3, -0.25) is 9.39 Å². The minimum atomic E-state index is -3.95. The van der Waals surface area contributed by atoms with Gasteiger partial charge in [-0.15, -0.1) is 11.3 Å². The van der Waals surface area contributed by atoms with Crippen molar-refractivity contribution in [2.45, 2.75) is 25.3 Å². The lowest BCUT2D eigenvalue weighted by Gasteiger charge is -2.18. The molecule has 0 fully saturated rings. The highest BCUT2D eigenvalue weighted by molar-refractivity contribution is 7.90. The Hall–Kier alpha value is -1.65. The molecule has 0 saturated carbocycles. The molecular weight excluding hydrogens is 372 g/mol. The summed E-state index contributed by atoms with van der Waals surface area (Å²) in [6.45, 7) is 4.59. The van der Waals surface area contributed by atoms with E-state index in [1.54, 1.807) is 16.6 Å². The lowest BCUT2D eigenvalue weighted by molar-refractivity contribution is 0.430. The first kappa shape index (κ1) is 17.2. The number of sulfonamides is 1. The molecule has 1 unspecified atom stereocenters. The second-order valence-corrected chi connectivity index (χ2v) is 8.17. The number of nitrogens with zero attached hydrogens (tertiary/aromatic N) is 5. The summed E-state index contributed by atoms with van der Waals surface area (Å²) in [6, 6.07) is 0. The second-order valence-electron chi connectivity index (χ2n) is 5.34. The van der Waals surface area contributed by atoms with Gasteiger partial charge in [0.05, 0.1) is 6.54 Å². The quantitative estimate of drug-likeness (QED) is 0.643. The Morgan fingerprint density at radius 1 is 1.58 bits per heavy atom. The number of fused-ring (bicyclic) bond motifs is 1. The molecule has 0 radical (unpaired) electrons. The Labute approximate surface area is 148 Å². The van der Waals surface area contributed by atoms with Crippen LogP contribution in [0.15, 0.2) is 26.7 Å². The molecule has 2 aromatic rings. The van der Waals surface area contributed by atoms with Crippen LogP contribution in [0.25, 0.3) is 4.96 Å². The number of aromatic nitrogens is 2. The molecule has 3 heterocycles. The Kier molecular flexibility index (Phi) is 4.54. The molecule has 2 aromatic heterocycles. The lowest BCUT2D eigenvalue weighted by atomic mass is 10.0. The number of hydrogen-bond donors (Lipinski definition) is 1. The second kappa shape index (κ2) is 6.34. The summed E-state index contributed by atoms with van der Waals surface area (Å²) in [5.41, 5.74) is 0.959. The molecular formula is C13H17ClN6O2S2. The first-order valence-electron chi connectivity index (χ1n) is 7.30. The van der Waals surface area contributed by atoms with Gasteiger partial charge in [-0.25, -0.2) is 14.7 Å². The van der Waals surface area contributed by atoms with Gasteiger partial charge >= 0.3 is 0 Å². The maximum atomic E-state index is 12.8. The van der Waals surface area contributed by atoms with E-state index in [1.807, 2.05) is 6.92 Å². The highest BCUT2D eigenvalue weighted by Gasteiger charge is 2.31. The van der Waals surface area contributed by atoms with Gasteiger partial charge in [-0.2, -0.15) is 13.5 Å². The summed E-state index contributed by atoms with van der Waals surface area (Å²) in [4.78, 5) is 8.61. The number of rotatable bonds is 3. The number of thiazole rings is 1. The summed E-state index contributed by atoms with van der Waals surface area (Å²) in [5.74, 6) is 0.444. The van der Waals surface area contributed by atoms with Crippen molar-refractivity contribution in [3.8, 4) is 0 Å². The number of imidazole rings is 1. The molecule has 0 aromatic carbocycles. The number of nitrogens with one attached hydrogen (secondary N) is 1. The van der Waals surface area contributed by atoms with E-state index in [0.717, 1.165) is 12.1 Å². The molecule has 1 N–H and O–H groups in total. The highest BCUT2D eigenvalue weighted by atomic mass is 35.5. The third kappa shape index (κ3) is 2.89. The number of guanidine groups is 1. The van der Waals surface area contributed by atoms with Gasteiger partial charge < -0.3 is 0 Å². The molecule has 0 spiro atoms. The predicted octanol–water partition coefficient (Wildman–Crippen LogP) is 2.03. The van der Waals surface area contributed by atoms with Crippen LogP contribution >= 0.6 is 22.9 Å². The molecule has 130 valence electrons. The molecule has 0 bridgehead atoms. The fraction of sp³-hybridized carbons (Fsp3) is 0.462. The fourth-order valence-electron chi connectivity index (χ4n) is 2.57. The largest absolute Gasteiger partial charge is 0.283 e. The van der Waals surface area contributed by atoms with Gasteiger partial charge in [-0.05, 0) is 13.3 Å². The molecule has 24 heavy (non-hydrogen) atoms. The minimum absolute atomic E-state index is 0.0719. The van der Waals surface area contributed by atoms with Crippen LogP contribution in [0.5, 0.6) is 0 Å². The highest BCUT2D eigenvalue weighted by Crippen LogP contribution is 2.25. The number of halogens is 1. The molecule has 1 aliphatic heterocycles. The van der Waals surface area contributed by atoms with Crippen LogP contribution in [0.2, 0.25) is 5.15 Å². The van der Waals surface area contributed by atoms with E-state index in [0.29, 0.717) is 11.5 Å². The maximum absolute atomic E-state index is 12.8. The number of hydrazone groups is 1. The van der Waals surface area contributed by atoms with Gasteiger partial charge in [-0.1, -0.05) is 18.5 Å². The summed E-state index contributed by atoms with van der Waals surface area (Å²) in [5, 5.41) is 7.53. The van der Waals surface area contributed by atoms with Crippen molar-refractivity contribution in [1.29, 1.82) is 0 Å². The van der Waals surface area contributed by atoms with Crippen LogP contribution in [-0.2, 0) is 10.0 Å². The van der Waals surface area contributed by atoms with E-state index in [4.69, 9.17) is 11.6 Å². The van der Waals surface area contributed by atoms with Crippen molar-refractivity contribution in [1.82, 2.24) is 19.1 Å². The molecule has 8 nitrogen and oxygen atoms in total. The van der Waals surface area contributed by atoms with Crippen LogP contribution in [0, 0.1) is 5.92 Å². The van der Waals surface area contributed by atoms with E-state index in [9.17, 15) is 8.42 Å². The summed E-state index contributed by atoms with van der Waals surface area (Å²) in [7, 11) is -2.44. The van der Waals surface area contributed by atoms with Crippen molar-refractivity contribution < 1.29 is 8.42 Å². The molecule has 3 rings (SSSR count). The predicted molar refractivity (Wildman–Crippen MR) is 95.4 cm³/mol. The van der Waals surface area contributed by atoms with Crippen molar-refractivity contribution in [3.05, 3.63) is 16.7 Å². The SMILES string of the molecule is CCC1CN(C(=NC)NS(=O)(=O)c2c(Cl)nc3sccn23)N=C1C. The smallest absolute Gasteiger partial charge is 0.278 e. The standard InChI is InChI=1S/C13H17ClN6O2S2/c1-4-9-7-20(17-8(9)2)12(15-3)18-24(21,22)11-10(14)16-13-19(11)5-6-23-13/h5-6,9H,4,7H2,1-3H3,(H,15,18). The van der Waals surface area contributed by atoms with E-state index in [-0.39, 0.29) is 22.1 Å². The molecule has 1 aliphatic rings. The fourth-order valence-corrected chi connectivity index (χ4v) is 5.08. The topological polar surface area (TPSA) is 91.4 Å². The van der Waals surface area contributed by atoms with Gasteiger partial charge in [0.2, 0.25) is 5.96 Å². The van der Waals surface area contributed by atoms with E-state index in [2.05, 4.69) is 26.7 Å². The normalized spacial score (nSPS) is 19.2. The molecule has 0 amide bonds. The van der Waals surface area contributed by atoms with Crippen molar-refractivity contribution >= 4 is 49.6 Å². The van der Waals surface area contributed by atoms with E-state index in [1.165, 1.54) is 22.8 Å². The zero-order valence-electron chi connectivity index (χ0n) is 13.4. The molecule has 11 heteroatoms. The Morgan fingerprint density at radius 3 is 2.96 bits per heavy atom. The Morgan fingerprint density at radius 2 is 2.33 bits per heavy atom. The third-order valence-electron chi connectivity index (χ3n) is 3.87. The Balaban J connectivity index is 1.91. The van der Waals surface area contributed by atoms with Gasteiger partial charge in [0.1, 0.15) is 0 Å². The van der Waals surface area contributed by atoms with Gasteiger partial charge in [0.25, 0.3) is 10.0 Å². The summed E-state index contributed by atoms with van der Waals surface area (Å²) < 4.78 is 29.5. The monoisotopic (exact) mass is 388 g/mol. The van der Waals surface area contributed by atoms with Crippen LogP contribution in [0.3, 0.4) is 0 Å². The minimum Gasteiger partial charge on any atom is -0.278 e. The molecule has 1 atom stereocenters. The summed E-state index contributed by atoms with van der Waals surface area (Å²) in [6.07, 6.45) is 2.54. The Bertz CT molecular complexity index is 930. The van der Waals surface area contributed by atoms with Gasteiger partial charge in [0, 0.05) is 30.3 Å². The van der Waals surface area contributed by atoms with Crippen LogP contribution in [0.1, 0.15) is 20.3 Å². The van der Waals surface area contributed by atoms with Crippen LogP contribution < -0.4 is 4.72 Å². The van der Waals surface area contributed by atoms with E-state index >= 15 is 0 Å². The zero-order valence-corrected chi connectivity index (χ0v) is 15.8. The van der Waals surface area contributed by atoms with Crippen molar-refractivity contribution in [2.24, 2.45) is 16.0 Å². The molecule has 0 saturated heterocycles. The van der Waals surface area contributed by atoms with Gasteiger partial charge in [0.15, 0.2) is 15.1 Å². The van der Waals surface area contributed by atoms with Crippen molar-refractivity contribution in [3.63, 3.8) is 0 Å². The van der Waals surface area contributed by atoms with Crippen LogP contribution in [0.4, 0.5) is 0 Å². The summed E-state index contributed by atoms with van der Waals surface area (Å²) >= 11 is 7.33. The zero-order chi connectivity index (χ0) is 17.5. The average molecular weight is 389 g/mol. The van der Waals surface area contributed by atoms with E-state index < -0.39 is 10.0 Å². The number of aliphatic imine (C=N–C) groups is 1. The van der Waals surface area contributed by atoms with Crippen molar-refractivity contribution in [2.75, 3.05) is 13.6 Å². The molecule has 0 aliphatic carbocycles. The number of hydrogen-bond acceptors (Lipinski definition) is 6. The average Bonchev–Trinajstić information content (AvgIpc) is 3.18. The first-order valence-corrected chi connectivity index (χ1v) is 10.0. The maximum Gasteiger partial charge on any atom is 0.283 e. The third-order valence-corrected chi connectivity index (χ3v) is 6.35.